The third-order valence-corrected chi connectivity index (χ3v) is 7.76. The number of nitro groups is 1. The van der Waals surface area contributed by atoms with Crippen LogP contribution in [0.25, 0.3) is 0 Å². The molecule has 2 heterocycles. The Morgan fingerprint density at radius 2 is 1.56 bits per heavy atom. The number of carbonyl (C=O) groups excluding carboxylic acids is 3. The zero-order valence-electron chi connectivity index (χ0n) is 20.5. The van der Waals surface area contributed by atoms with Crippen molar-refractivity contribution in [1.29, 1.82) is 0 Å². The van der Waals surface area contributed by atoms with Crippen LogP contribution in [-0.4, -0.2) is 51.4 Å². The average Bonchev–Trinajstić information content (AvgIpc) is 2.98. The number of hydrogen-bond donors (Lipinski definition) is 1. The number of hydrogen-bond acceptors (Lipinski definition) is 9. The van der Waals surface area contributed by atoms with Gasteiger partial charge in [-0.3, -0.25) is 19.8 Å². The second-order valence-corrected chi connectivity index (χ2v) is 9.98. The van der Waals surface area contributed by atoms with Gasteiger partial charge in [0.05, 0.1) is 10.5 Å². The van der Waals surface area contributed by atoms with E-state index in [0.717, 1.165) is 11.1 Å². The lowest BCUT2D eigenvalue weighted by Gasteiger charge is -2.48. The van der Waals surface area contributed by atoms with Gasteiger partial charge < -0.3 is 15.2 Å². The lowest BCUT2D eigenvalue weighted by atomic mass is 10.0. The molecule has 198 valence electrons. The van der Waals surface area contributed by atoms with Gasteiger partial charge in [-0.25, -0.2) is 9.59 Å². The predicted octanol–water partition coefficient (Wildman–Crippen LogP) is 3.58. The van der Waals surface area contributed by atoms with Crippen molar-refractivity contribution in [3.63, 3.8) is 0 Å². The molecule has 0 bridgehead atoms. The summed E-state index contributed by atoms with van der Waals surface area (Å²) in [5.74, 6) is -1.59. The first-order chi connectivity index (χ1) is 18.8. The number of ether oxygens (including phenoxy) is 2. The number of amides is 1. The van der Waals surface area contributed by atoms with Crippen LogP contribution in [0, 0.1) is 10.1 Å². The fraction of sp³-hybridized carbons (Fsp3) is 0.179. The molecule has 0 aliphatic carbocycles. The number of nitro benzene ring substituents is 1. The normalized spacial score (nSPS) is 18.3. The van der Waals surface area contributed by atoms with Crippen molar-refractivity contribution < 1.29 is 28.8 Å². The van der Waals surface area contributed by atoms with Gasteiger partial charge in [0.25, 0.3) is 5.69 Å². The fourth-order valence-electron chi connectivity index (χ4n) is 4.38. The molecule has 2 aliphatic heterocycles. The lowest BCUT2D eigenvalue weighted by Crippen LogP contribution is -2.68. The van der Waals surface area contributed by atoms with E-state index < -0.39 is 40.3 Å². The molecule has 5 rings (SSSR count). The number of thioether (sulfide) groups is 1. The Hall–Kier alpha value is -4.48. The summed E-state index contributed by atoms with van der Waals surface area (Å²) in [6, 6.07) is 22.7. The Morgan fingerprint density at radius 3 is 2.13 bits per heavy atom. The molecule has 1 fully saturated rings. The number of β-lactam (4-membered cyclic amide) rings is 1. The van der Waals surface area contributed by atoms with Gasteiger partial charge in [0.1, 0.15) is 23.7 Å². The van der Waals surface area contributed by atoms with Gasteiger partial charge in [0.2, 0.25) is 5.91 Å². The topological polar surface area (TPSA) is 142 Å². The number of nitrogens with two attached hydrogens (primary N) is 1. The molecule has 2 aliphatic rings. The fourth-order valence-corrected chi connectivity index (χ4v) is 5.66. The Kier molecular flexibility index (Phi) is 7.44. The van der Waals surface area contributed by atoms with Crippen LogP contribution in [0.3, 0.4) is 0 Å². The van der Waals surface area contributed by atoms with Gasteiger partial charge in [0.15, 0.2) is 6.10 Å². The Morgan fingerprint density at radius 1 is 0.974 bits per heavy atom. The smallest absolute Gasteiger partial charge is 0.356 e. The number of benzene rings is 3. The molecule has 2 N–H and O–H groups in total. The summed E-state index contributed by atoms with van der Waals surface area (Å²) in [6.45, 7) is -0.277. The van der Waals surface area contributed by atoms with Crippen molar-refractivity contribution in [2.45, 2.75) is 17.5 Å². The number of carbonyl (C=O) groups is 3. The maximum atomic E-state index is 13.7. The van der Waals surface area contributed by atoms with E-state index in [4.69, 9.17) is 15.2 Å². The van der Waals surface area contributed by atoms with Crippen molar-refractivity contribution in [2.24, 2.45) is 5.73 Å². The highest BCUT2D eigenvalue weighted by Crippen LogP contribution is 2.41. The molecule has 1 saturated heterocycles. The zero-order valence-corrected chi connectivity index (χ0v) is 21.3. The lowest BCUT2D eigenvalue weighted by molar-refractivity contribution is -0.384. The minimum atomic E-state index is -0.749. The Bertz CT molecular complexity index is 1410. The highest BCUT2D eigenvalue weighted by atomic mass is 32.2. The highest BCUT2D eigenvalue weighted by molar-refractivity contribution is 8.00. The van der Waals surface area contributed by atoms with E-state index in [1.54, 1.807) is 0 Å². The largest absolute Gasteiger partial charge is 0.457 e. The molecule has 3 aromatic carbocycles. The van der Waals surface area contributed by atoms with E-state index in [1.165, 1.54) is 40.9 Å². The quantitative estimate of drug-likeness (QED) is 0.194. The van der Waals surface area contributed by atoms with Crippen LogP contribution < -0.4 is 5.73 Å². The standard InChI is InChI=1S/C28H23N3O7S/c29-22-25(32)30-23(28(34)38-24(17-7-3-1-4-8-17)18-9-5-2-6-10-18)20(16-39-26(22)30)15-37-27(33)19-11-13-21(14-12-19)31(35)36/h1-14,22,24,26H,15-16,29H2/t22?,26-/m1/s1. The van der Waals surface area contributed by atoms with Crippen LogP contribution in [0.15, 0.2) is 96.2 Å². The maximum Gasteiger partial charge on any atom is 0.356 e. The second-order valence-electron chi connectivity index (χ2n) is 8.87. The predicted molar refractivity (Wildman–Crippen MR) is 142 cm³/mol. The molecule has 0 spiro atoms. The van der Waals surface area contributed by atoms with Crippen molar-refractivity contribution in [3.8, 4) is 0 Å². The van der Waals surface area contributed by atoms with E-state index in [0.29, 0.717) is 11.3 Å². The van der Waals surface area contributed by atoms with Gasteiger partial charge in [0, 0.05) is 23.5 Å². The van der Waals surface area contributed by atoms with E-state index in [-0.39, 0.29) is 23.6 Å². The van der Waals surface area contributed by atoms with Crippen LogP contribution in [0.1, 0.15) is 27.6 Å². The zero-order chi connectivity index (χ0) is 27.5. The first-order valence-electron chi connectivity index (χ1n) is 12.0. The van der Waals surface area contributed by atoms with Crippen molar-refractivity contribution in [2.75, 3.05) is 12.4 Å². The van der Waals surface area contributed by atoms with Crippen molar-refractivity contribution in [1.82, 2.24) is 4.90 Å². The van der Waals surface area contributed by atoms with Gasteiger partial charge in [-0.05, 0) is 23.3 Å². The van der Waals surface area contributed by atoms with E-state index >= 15 is 0 Å². The molecule has 10 nitrogen and oxygen atoms in total. The molecule has 1 unspecified atom stereocenters. The number of esters is 2. The van der Waals surface area contributed by atoms with E-state index in [1.807, 2.05) is 60.7 Å². The van der Waals surface area contributed by atoms with Gasteiger partial charge in [-0.2, -0.15) is 0 Å². The van der Waals surface area contributed by atoms with Crippen molar-refractivity contribution in [3.05, 3.63) is 123 Å². The Labute approximate surface area is 227 Å². The van der Waals surface area contributed by atoms with E-state index in [9.17, 15) is 24.5 Å². The number of non-ortho nitro benzene ring substituents is 1. The van der Waals surface area contributed by atoms with Crippen LogP contribution in [0.2, 0.25) is 0 Å². The van der Waals surface area contributed by atoms with E-state index in [2.05, 4.69) is 0 Å². The molecule has 39 heavy (non-hydrogen) atoms. The van der Waals surface area contributed by atoms with Crippen LogP contribution in [-0.2, 0) is 19.1 Å². The highest BCUT2D eigenvalue weighted by Gasteiger charge is 2.52. The SMILES string of the molecule is NC1C(=O)N2C(C(=O)OC(c3ccccc3)c3ccccc3)=C(COC(=O)c3ccc([N+](=O)[O-])cc3)CS[C@H]12. The van der Waals surface area contributed by atoms with Crippen molar-refractivity contribution >= 4 is 35.3 Å². The number of rotatable bonds is 8. The first kappa shape index (κ1) is 26.1. The third kappa shape index (κ3) is 5.27. The molecule has 3 aromatic rings. The van der Waals surface area contributed by atoms with Gasteiger partial charge >= 0.3 is 11.9 Å². The molecule has 2 atom stereocenters. The molecular formula is C28H23N3O7S. The minimum Gasteiger partial charge on any atom is -0.457 e. The van der Waals surface area contributed by atoms with Crippen LogP contribution in [0.5, 0.6) is 0 Å². The summed E-state index contributed by atoms with van der Waals surface area (Å²) in [6.07, 6.45) is -0.741. The summed E-state index contributed by atoms with van der Waals surface area (Å²) in [5, 5.41) is 10.5. The van der Waals surface area contributed by atoms with Gasteiger partial charge in [-0.15, -0.1) is 11.8 Å². The minimum absolute atomic E-state index is 0.0128. The van der Waals surface area contributed by atoms with Gasteiger partial charge in [-0.1, -0.05) is 60.7 Å². The second kappa shape index (κ2) is 11.1. The number of nitrogens with zero attached hydrogens (tertiary/aromatic N) is 2. The summed E-state index contributed by atoms with van der Waals surface area (Å²) in [4.78, 5) is 50.7. The maximum absolute atomic E-state index is 13.7. The summed E-state index contributed by atoms with van der Waals surface area (Å²) >= 11 is 1.37. The van der Waals surface area contributed by atoms with Crippen LogP contribution >= 0.6 is 11.8 Å². The third-order valence-electron chi connectivity index (χ3n) is 6.40. The molecule has 0 aromatic heterocycles. The molecule has 0 saturated carbocycles. The molecule has 11 heteroatoms. The Balaban J connectivity index is 1.42. The molecule has 0 radical (unpaired) electrons. The summed E-state index contributed by atoms with van der Waals surface area (Å²) in [5.41, 5.74) is 7.84. The van der Waals surface area contributed by atoms with Crippen LogP contribution in [0.4, 0.5) is 5.69 Å². The average molecular weight is 546 g/mol. The monoisotopic (exact) mass is 545 g/mol. The summed E-state index contributed by atoms with van der Waals surface area (Å²) < 4.78 is 11.4. The first-order valence-corrected chi connectivity index (χ1v) is 13.0. The molecular weight excluding hydrogens is 522 g/mol. The summed E-state index contributed by atoms with van der Waals surface area (Å²) in [7, 11) is 0. The number of fused-ring (bicyclic) bond motifs is 1. The molecule has 1 amide bonds.